The zero-order chi connectivity index (χ0) is 18.2. The van der Waals surface area contributed by atoms with Gasteiger partial charge in [0.15, 0.2) is 0 Å². The Labute approximate surface area is 159 Å². The summed E-state index contributed by atoms with van der Waals surface area (Å²) in [5.74, 6) is 1.12. The van der Waals surface area contributed by atoms with Crippen LogP contribution in [0.4, 0.5) is 0 Å². The number of hydrogen-bond donors (Lipinski definition) is 1. The molecule has 0 saturated heterocycles. The lowest BCUT2D eigenvalue weighted by Gasteiger charge is -2.14. The van der Waals surface area contributed by atoms with Crippen LogP contribution in [-0.2, 0) is 5.75 Å². The highest BCUT2D eigenvalue weighted by Gasteiger charge is 2.13. The van der Waals surface area contributed by atoms with Gasteiger partial charge in [-0.15, -0.1) is 11.8 Å². The predicted octanol–water partition coefficient (Wildman–Crippen LogP) is 5.51. The van der Waals surface area contributed by atoms with Crippen molar-refractivity contribution in [2.45, 2.75) is 23.5 Å². The van der Waals surface area contributed by atoms with E-state index >= 15 is 0 Å². The van der Waals surface area contributed by atoms with Crippen LogP contribution in [0.25, 0.3) is 0 Å². The molecular weight excluding hydrogens is 338 g/mol. The molecule has 132 valence electrons. The molecule has 0 fully saturated rings. The van der Waals surface area contributed by atoms with E-state index in [-0.39, 0.29) is 11.8 Å². The first kappa shape index (κ1) is 18.3. The highest BCUT2D eigenvalue weighted by molar-refractivity contribution is 7.98. The summed E-state index contributed by atoms with van der Waals surface area (Å²) in [6.45, 7) is 2.76. The van der Waals surface area contributed by atoms with Gasteiger partial charge in [0.25, 0.3) is 5.91 Å². The van der Waals surface area contributed by atoms with Crippen LogP contribution in [0.3, 0.4) is 0 Å². The molecular formula is C23H23NOS. The van der Waals surface area contributed by atoms with E-state index < -0.39 is 0 Å². The van der Waals surface area contributed by atoms with Crippen molar-refractivity contribution in [3.05, 3.63) is 102 Å². The Hall–Kier alpha value is -2.52. The van der Waals surface area contributed by atoms with Gasteiger partial charge in [-0.25, -0.2) is 0 Å². The van der Waals surface area contributed by atoms with Crippen LogP contribution < -0.4 is 5.32 Å². The average Bonchev–Trinajstić information content (AvgIpc) is 2.72. The van der Waals surface area contributed by atoms with Crippen LogP contribution in [0.2, 0.25) is 0 Å². The van der Waals surface area contributed by atoms with Crippen molar-refractivity contribution >= 4 is 17.7 Å². The molecule has 1 amide bonds. The van der Waals surface area contributed by atoms with Gasteiger partial charge in [0.1, 0.15) is 0 Å². The fraction of sp³-hybridized carbons (Fsp3) is 0.174. The molecule has 0 saturated carbocycles. The zero-order valence-corrected chi connectivity index (χ0v) is 15.7. The van der Waals surface area contributed by atoms with E-state index in [2.05, 4.69) is 36.5 Å². The molecule has 0 radical (unpaired) electrons. The maximum absolute atomic E-state index is 12.7. The van der Waals surface area contributed by atoms with E-state index in [1.165, 1.54) is 11.1 Å². The number of benzene rings is 3. The van der Waals surface area contributed by atoms with Crippen molar-refractivity contribution in [2.75, 3.05) is 6.54 Å². The van der Waals surface area contributed by atoms with Gasteiger partial charge in [-0.05, 0) is 29.2 Å². The first-order chi connectivity index (χ1) is 12.7. The fourth-order valence-corrected chi connectivity index (χ4v) is 3.76. The Morgan fingerprint density at radius 2 is 1.50 bits per heavy atom. The molecule has 3 aromatic carbocycles. The van der Waals surface area contributed by atoms with Gasteiger partial charge in [0, 0.05) is 17.2 Å². The summed E-state index contributed by atoms with van der Waals surface area (Å²) in [6, 6.07) is 28.4. The number of nitrogens with one attached hydrogen (secondary N) is 1. The molecule has 26 heavy (non-hydrogen) atoms. The van der Waals surface area contributed by atoms with Crippen LogP contribution >= 0.6 is 11.8 Å². The Morgan fingerprint density at radius 1 is 0.885 bits per heavy atom. The molecule has 3 aromatic rings. The van der Waals surface area contributed by atoms with Crippen LogP contribution in [0.1, 0.15) is 34.3 Å². The van der Waals surface area contributed by atoms with Crippen LogP contribution in [0.5, 0.6) is 0 Å². The van der Waals surface area contributed by atoms with Crippen molar-refractivity contribution in [1.82, 2.24) is 5.32 Å². The second-order valence-corrected chi connectivity index (χ2v) is 7.31. The minimum absolute atomic E-state index is 0.0102. The third kappa shape index (κ3) is 4.99. The van der Waals surface area contributed by atoms with Crippen molar-refractivity contribution in [3.63, 3.8) is 0 Å². The Kier molecular flexibility index (Phi) is 6.50. The van der Waals surface area contributed by atoms with E-state index in [0.717, 1.165) is 16.2 Å². The first-order valence-corrected chi connectivity index (χ1v) is 9.81. The summed E-state index contributed by atoms with van der Waals surface area (Å²) in [7, 11) is 0. The lowest BCUT2D eigenvalue weighted by atomic mass is 10.0. The number of hydrogen-bond acceptors (Lipinski definition) is 2. The third-order valence-electron chi connectivity index (χ3n) is 4.31. The van der Waals surface area contributed by atoms with Crippen LogP contribution in [0, 0.1) is 0 Å². The normalized spacial score (nSPS) is 11.7. The van der Waals surface area contributed by atoms with E-state index in [4.69, 9.17) is 0 Å². The highest BCUT2D eigenvalue weighted by Crippen LogP contribution is 2.26. The molecule has 0 aliphatic heterocycles. The van der Waals surface area contributed by atoms with Gasteiger partial charge in [0.2, 0.25) is 0 Å². The van der Waals surface area contributed by atoms with Gasteiger partial charge >= 0.3 is 0 Å². The number of carbonyl (C=O) groups excluding carboxylic acids is 1. The van der Waals surface area contributed by atoms with Gasteiger partial charge < -0.3 is 5.32 Å². The van der Waals surface area contributed by atoms with Gasteiger partial charge in [-0.1, -0.05) is 79.7 Å². The number of thioether (sulfide) groups is 1. The lowest BCUT2D eigenvalue weighted by Crippen LogP contribution is -2.27. The van der Waals surface area contributed by atoms with E-state index in [1.807, 2.05) is 60.7 Å². The summed E-state index contributed by atoms with van der Waals surface area (Å²) in [5.41, 5.74) is 3.23. The van der Waals surface area contributed by atoms with Crippen LogP contribution in [0.15, 0.2) is 89.8 Å². The Balaban J connectivity index is 1.62. The van der Waals surface area contributed by atoms with Crippen molar-refractivity contribution in [1.29, 1.82) is 0 Å². The molecule has 3 rings (SSSR count). The van der Waals surface area contributed by atoms with Crippen molar-refractivity contribution in [2.24, 2.45) is 0 Å². The Morgan fingerprint density at radius 3 is 2.23 bits per heavy atom. The minimum atomic E-state index is -0.0102. The molecule has 0 heterocycles. The molecule has 0 aliphatic rings. The maximum atomic E-state index is 12.7. The van der Waals surface area contributed by atoms with Crippen molar-refractivity contribution in [3.8, 4) is 0 Å². The van der Waals surface area contributed by atoms with Gasteiger partial charge in [0.05, 0.1) is 5.56 Å². The number of rotatable bonds is 7. The molecule has 1 N–H and O–H groups in total. The smallest absolute Gasteiger partial charge is 0.252 e. The summed E-state index contributed by atoms with van der Waals surface area (Å²) >= 11 is 1.70. The van der Waals surface area contributed by atoms with E-state index in [0.29, 0.717) is 6.54 Å². The summed E-state index contributed by atoms with van der Waals surface area (Å²) in [4.78, 5) is 13.7. The standard InChI is InChI=1S/C23H23NOS/c1-18(20-12-6-3-7-13-20)16-24-23(25)21-14-8-9-15-22(21)26-17-19-10-4-2-5-11-19/h2-15,18H,16-17H2,1H3,(H,24,25). The molecule has 3 heteroatoms. The summed E-state index contributed by atoms with van der Waals surface area (Å²) in [5, 5.41) is 3.08. The first-order valence-electron chi connectivity index (χ1n) is 8.83. The predicted molar refractivity (Wildman–Crippen MR) is 110 cm³/mol. The quantitative estimate of drug-likeness (QED) is 0.562. The molecule has 0 aromatic heterocycles. The zero-order valence-electron chi connectivity index (χ0n) is 14.9. The average molecular weight is 362 g/mol. The largest absolute Gasteiger partial charge is 0.351 e. The summed E-state index contributed by atoms with van der Waals surface area (Å²) in [6.07, 6.45) is 0. The Bertz CT molecular complexity index is 833. The molecule has 2 nitrogen and oxygen atoms in total. The maximum Gasteiger partial charge on any atom is 0.252 e. The van der Waals surface area contributed by atoms with E-state index in [9.17, 15) is 4.79 Å². The highest BCUT2D eigenvalue weighted by atomic mass is 32.2. The fourth-order valence-electron chi connectivity index (χ4n) is 2.76. The number of carbonyl (C=O) groups is 1. The molecule has 0 aliphatic carbocycles. The second kappa shape index (κ2) is 9.25. The molecule has 1 unspecified atom stereocenters. The minimum Gasteiger partial charge on any atom is -0.351 e. The number of amides is 1. The topological polar surface area (TPSA) is 29.1 Å². The van der Waals surface area contributed by atoms with Crippen LogP contribution in [-0.4, -0.2) is 12.5 Å². The molecule has 1 atom stereocenters. The molecule has 0 bridgehead atoms. The molecule has 0 spiro atoms. The van der Waals surface area contributed by atoms with Crippen molar-refractivity contribution < 1.29 is 4.79 Å². The SMILES string of the molecule is CC(CNC(=O)c1ccccc1SCc1ccccc1)c1ccccc1. The van der Waals surface area contributed by atoms with Gasteiger partial charge in [-0.3, -0.25) is 4.79 Å². The monoisotopic (exact) mass is 361 g/mol. The van der Waals surface area contributed by atoms with E-state index in [1.54, 1.807) is 11.8 Å². The second-order valence-electron chi connectivity index (χ2n) is 6.29. The third-order valence-corrected chi connectivity index (χ3v) is 5.45. The lowest BCUT2D eigenvalue weighted by molar-refractivity contribution is 0.0948. The summed E-state index contributed by atoms with van der Waals surface area (Å²) < 4.78 is 0. The van der Waals surface area contributed by atoms with Gasteiger partial charge in [-0.2, -0.15) is 0 Å².